The van der Waals surface area contributed by atoms with Crippen molar-refractivity contribution in [2.24, 2.45) is 0 Å². The van der Waals surface area contributed by atoms with Crippen LogP contribution in [0.4, 0.5) is 0 Å². The molecule has 4 rings (SSSR count). The van der Waals surface area contributed by atoms with Crippen LogP contribution in [0.3, 0.4) is 0 Å². The number of rotatable bonds is 3. The van der Waals surface area contributed by atoms with Crippen molar-refractivity contribution in [3.63, 3.8) is 0 Å². The summed E-state index contributed by atoms with van der Waals surface area (Å²) in [7, 11) is 3.20. The molecule has 4 nitrogen and oxygen atoms in total. The highest BCUT2D eigenvalue weighted by molar-refractivity contribution is 5.97. The zero-order chi connectivity index (χ0) is 18.1. The number of methoxy groups -OCH3 is 2. The standard InChI is InChI=1S/C22H16N2O2/c1-4-21-23-18-13-20(26-3)19(25-2)12-17(18)22(24-21)16-10-9-14-7-5-6-8-15(14)11-16/h1,5-13H,2-3H3. The van der Waals surface area contributed by atoms with Crippen LogP contribution < -0.4 is 9.47 Å². The second-order valence-electron chi connectivity index (χ2n) is 5.83. The van der Waals surface area contributed by atoms with Crippen LogP contribution in [-0.4, -0.2) is 24.2 Å². The van der Waals surface area contributed by atoms with Gasteiger partial charge in [0.25, 0.3) is 0 Å². The van der Waals surface area contributed by atoms with Crippen LogP contribution in [0, 0.1) is 12.3 Å². The second-order valence-corrected chi connectivity index (χ2v) is 5.83. The molecule has 4 aromatic rings. The highest BCUT2D eigenvalue weighted by Gasteiger charge is 2.14. The summed E-state index contributed by atoms with van der Waals surface area (Å²) in [5.74, 6) is 4.11. The van der Waals surface area contributed by atoms with Crippen molar-refractivity contribution in [3.8, 4) is 35.1 Å². The molecule has 4 heteroatoms. The number of benzene rings is 3. The van der Waals surface area contributed by atoms with Crippen LogP contribution in [0.15, 0.2) is 54.6 Å². The lowest BCUT2D eigenvalue weighted by Crippen LogP contribution is -1.97. The first-order chi connectivity index (χ1) is 12.7. The maximum absolute atomic E-state index is 5.57. The minimum atomic E-state index is 0.341. The molecule has 0 spiro atoms. The van der Waals surface area contributed by atoms with Crippen molar-refractivity contribution in [2.45, 2.75) is 0 Å². The zero-order valence-electron chi connectivity index (χ0n) is 14.5. The molecule has 26 heavy (non-hydrogen) atoms. The van der Waals surface area contributed by atoms with Gasteiger partial charge in [0.1, 0.15) is 0 Å². The number of ether oxygens (including phenoxy) is 2. The molecule has 1 aromatic heterocycles. The molecule has 1 heterocycles. The lowest BCUT2D eigenvalue weighted by molar-refractivity contribution is 0.356. The van der Waals surface area contributed by atoms with Gasteiger partial charge in [-0.25, -0.2) is 9.97 Å². The first-order valence-corrected chi connectivity index (χ1v) is 8.13. The van der Waals surface area contributed by atoms with Crippen LogP contribution in [0.5, 0.6) is 11.5 Å². The Morgan fingerprint density at radius 3 is 2.31 bits per heavy atom. The Labute approximate surface area is 151 Å². The SMILES string of the molecule is C#Cc1nc(-c2ccc3ccccc3c2)c2cc(OC)c(OC)cc2n1. The van der Waals surface area contributed by atoms with E-state index in [1.807, 2.05) is 30.3 Å². The van der Waals surface area contributed by atoms with Gasteiger partial charge >= 0.3 is 0 Å². The number of aromatic nitrogens is 2. The molecular weight excluding hydrogens is 324 g/mol. The molecule has 0 fully saturated rings. The van der Waals surface area contributed by atoms with Gasteiger partial charge in [-0.2, -0.15) is 0 Å². The van der Waals surface area contributed by atoms with E-state index in [0.29, 0.717) is 22.8 Å². The summed E-state index contributed by atoms with van der Waals surface area (Å²) in [5, 5.41) is 3.17. The molecule has 0 N–H and O–H groups in total. The molecule has 0 saturated heterocycles. The summed E-state index contributed by atoms with van der Waals surface area (Å²) in [6.07, 6.45) is 5.57. The fourth-order valence-corrected chi connectivity index (χ4v) is 3.08. The maximum atomic E-state index is 5.57. The molecule has 0 amide bonds. The fourth-order valence-electron chi connectivity index (χ4n) is 3.08. The van der Waals surface area contributed by atoms with Crippen molar-refractivity contribution < 1.29 is 9.47 Å². The number of hydrogen-bond acceptors (Lipinski definition) is 4. The van der Waals surface area contributed by atoms with Gasteiger partial charge in [0.15, 0.2) is 11.5 Å². The van der Waals surface area contributed by atoms with E-state index in [2.05, 4.69) is 40.2 Å². The van der Waals surface area contributed by atoms with Crippen molar-refractivity contribution in [3.05, 3.63) is 60.4 Å². The number of hydrogen-bond donors (Lipinski definition) is 0. The predicted molar refractivity (Wildman–Crippen MR) is 104 cm³/mol. The van der Waals surface area contributed by atoms with Crippen LogP contribution in [0.25, 0.3) is 32.9 Å². The molecule has 0 bridgehead atoms. The van der Waals surface area contributed by atoms with Gasteiger partial charge in [0.05, 0.1) is 25.4 Å². The average Bonchev–Trinajstić information content (AvgIpc) is 2.71. The van der Waals surface area contributed by atoms with E-state index >= 15 is 0 Å². The van der Waals surface area contributed by atoms with E-state index in [4.69, 9.17) is 15.9 Å². The minimum absolute atomic E-state index is 0.341. The van der Waals surface area contributed by atoms with Crippen LogP contribution in [0.2, 0.25) is 0 Å². The van der Waals surface area contributed by atoms with Crippen molar-refractivity contribution >= 4 is 21.7 Å². The molecule has 0 aliphatic heterocycles. The molecule has 3 aromatic carbocycles. The van der Waals surface area contributed by atoms with Gasteiger partial charge in [-0.15, -0.1) is 6.42 Å². The normalized spacial score (nSPS) is 10.7. The Bertz CT molecular complexity index is 1180. The monoisotopic (exact) mass is 340 g/mol. The minimum Gasteiger partial charge on any atom is -0.493 e. The first kappa shape index (κ1) is 15.9. The largest absolute Gasteiger partial charge is 0.493 e. The van der Waals surface area contributed by atoms with Crippen LogP contribution in [-0.2, 0) is 0 Å². The lowest BCUT2D eigenvalue weighted by Gasteiger charge is -2.12. The molecule has 0 aliphatic carbocycles. The van der Waals surface area contributed by atoms with Gasteiger partial charge in [0, 0.05) is 17.0 Å². The number of nitrogens with zero attached hydrogens (tertiary/aromatic N) is 2. The first-order valence-electron chi connectivity index (χ1n) is 8.13. The quantitative estimate of drug-likeness (QED) is 0.517. The Kier molecular flexibility index (Phi) is 3.91. The Morgan fingerprint density at radius 2 is 1.58 bits per heavy atom. The van der Waals surface area contributed by atoms with Gasteiger partial charge in [-0.05, 0) is 28.8 Å². The van der Waals surface area contributed by atoms with Gasteiger partial charge < -0.3 is 9.47 Å². The average molecular weight is 340 g/mol. The zero-order valence-corrected chi connectivity index (χ0v) is 14.5. The van der Waals surface area contributed by atoms with E-state index < -0.39 is 0 Å². The Morgan fingerprint density at radius 1 is 0.846 bits per heavy atom. The van der Waals surface area contributed by atoms with Crippen molar-refractivity contribution in [1.29, 1.82) is 0 Å². The molecule has 0 aliphatic rings. The second kappa shape index (κ2) is 6.38. The summed E-state index contributed by atoms with van der Waals surface area (Å²) in [6, 6.07) is 18.1. The summed E-state index contributed by atoms with van der Waals surface area (Å²) in [4.78, 5) is 9.03. The number of terminal acetylenes is 1. The highest BCUT2D eigenvalue weighted by Crippen LogP contribution is 2.36. The maximum Gasteiger partial charge on any atom is 0.205 e. The van der Waals surface area contributed by atoms with E-state index in [9.17, 15) is 0 Å². The smallest absolute Gasteiger partial charge is 0.205 e. The van der Waals surface area contributed by atoms with Gasteiger partial charge in [-0.1, -0.05) is 36.4 Å². The fraction of sp³-hybridized carbons (Fsp3) is 0.0909. The lowest BCUT2D eigenvalue weighted by atomic mass is 10.0. The summed E-state index contributed by atoms with van der Waals surface area (Å²) >= 11 is 0. The molecule has 0 atom stereocenters. The van der Waals surface area contributed by atoms with E-state index in [0.717, 1.165) is 22.0 Å². The van der Waals surface area contributed by atoms with Crippen molar-refractivity contribution in [1.82, 2.24) is 9.97 Å². The third-order valence-electron chi connectivity index (χ3n) is 4.35. The van der Waals surface area contributed by atoms with E-state index in [1.54, 1.807) is 14.2 Å². The topological polar surface area (TPSA) is 44.2 Å². The Balaban J connectivity index is 2.04. The third-order valence-corrected chi connectivity index (χ3v) is 4.35. The third kappa shape index (κ3) is 2.60. The summed E-state index contributed by atoms with van der Waals surface area (Å²) in [6.45, 7) is 0. The molecule has 0 radical (unpaired) electrons. The van der Waals surface area contributed by atoms with Crippen LogP contribution in [0.1, 0.15) is 5.82 Å². The number of fused-ring (bicyclic) bond motifs is 2. The summed E-state index contributed by atoms with van der Waals surface area (Å²) < 4.78 is 10.8. The molecular formula is C22H16N2O2. The predicted octanol–water partition coefficient (Wildman–Crippen LogP) is 4.45. The van der Waals surface area contributed by atoms with Gasteiger partial charge in [-0.3, -0.25) is 0 Å². The molecule has 0 saturated carbocycles. The molecule has 126 valence electrons. The van der Waals surface area contributed by atoms with Gasteiger partial charge in [0.2, 0.25) is 5.82 Å². The van der Waals surface area contributed by atoms with Crippen LogP contribution >= 0.6 is 0 Å². The summed E-state index contributed by atoms with van der Waals surface area (Å²) in [5.41, 5.74) is 2.46. The van der Waals surface area contributed by atoms with E-state index in [1.165, 1.54) is 5.39 Å². The van der Waals surface area contributed by atoms with Crippen molar-refractivity contribution in [2.75, 3.05) is 14.2 Å². The highest BCUT2D eigenvalue weighted by atomic mass is 16.5. The Hall–Kier alpha value is -3.58. The molecule has 0 unspecified atom stereocenters. The van der Waals surface area contributed by atoms with E-state index in [-0.39, 0.29) is 0 Å².